The van der Waals surface area contributed by atoms with Crippen molar-refractivity contribution in [3.05, 3.63) is 69.8 Å². The van der Waals surface area contributed by atoms with E-state index in [0.717, 1.165) is 22.4 Å². The lowest BCUT2D eigenvalue weighted by Crippen LogP contribution is -2.03. The Morgan fingerprint density at radius 1 is 1.14 bits per heavy atom. The van der Waals surface area contributed by atoms with Crippen LogP contribution in [0, 0.1) is 18.6 Å². The standard InChI is InChI=1S/C17H16ClF2N/c1-11-7-15(19)5-6-17(11)21-10-13-3-4-16(20)9-14(13)8-12(2)18/h3-9,21H,10H2,1-2H3/b12-8-. The molecule has 0 atom stereocenters. The first-order valence-electron chi connectivity index (χ1n) is 6.58. The summed E-state index contributed by atoms with van der Waals surface area (Å²) < 4.78 is 26.4. The summed E-state index contributed by atoms with van der Waals surface area (Å²) in [5, 5.41) is 3.81. The highest BCUT2D eigenvalue weighted by atomic mass is 35.5. The third-order valence-corrected chi connectivity index (χ3v) is 3.23. The van der Waals surface area contributed by atoms with Gasteiger partial charge in [-0.2, -0.15) is 0 Å². The van der Waals surface area contributed by atoms with E-state index in [0.29, 0.717) is 11.6 Å². The number of rotatable bonds is 4. The summed E-state index contributed by atoms with van der Waals surface area (Å²) in [6.45, 7) is 4.08. The summed E-state index contributed by atoms with van der Waals surface area (Å²) in [5.74, 6) is -0.568. The Balaban J connectivity index is 2.21. The first-order chi connectivity index (χ1) is 9.95. The highest BCUT2D eigenvalue weighted by molar-refractivity contribution is 6.31. The molecule has 0 saturated heterocycles. The van der Waals surface area contributed by atoms with Gasteiger partial charge in [-0.25, -0.2) is 8.78 Å². The summed E-state index contributed by atoms with van der Waals surface area (Å²) in [6.07, 6.45) is 1.72. The van der Waals surface area contributed by atoms with E-state index in [1.54, 1.807) is 25.1 Å². The van der Waals surface area contributed by atoms with Crippen molar-refractivity contribution in [3.8, 4) is 0 Å². The zero-order valence-electron chi connectivity index (χ0n) is 11.9. The molecule has 0 aliphatic heterocycles. The molecule has 2 rings (SSSR count). The Bertz CT molecular complexity index is 676. The van der Waals surface area contributed by atoms with Gasteiger partial charge in [-0.15, -0.1) is 0 Å². The van der Waals surface area contributed by atoms with Crippen LogP contribution in [-0.2, 0) is 6.54 Å². The molecule has 0 unspecified atom stereocenters. The lowest BCUT2D eigenvalue weighted by molar-refractivity contribution is 0.626. The van der Waals surface area contributed by atoms with Gasteiger partial charge in [0, 0.05) is 17.3 Å². The molecule has 21 heavy (non-hydrogen) atoms. The maximum absolute atomic E-state index is 13.3. The number of allylic oxidation sites excluding steroid dienone is 1. The van der Waals surface area contributed by atoms with Gasteiger partial charge in [-0.1, -0.05) is 17.7 Å². The fourth-order valence-corrected chi connectivity index (χ4v) is 2.21. The van der Waals surface area contributed by atoms with Crippen LogP contribution < -0.4 is 5.32 Å². The average molecular weight is 308 g/mol. The monoisotopic (exact) mass is 307 g/mol. The lowest BCUT2D eigenvalue weighted by atomic mass is 10.1. The van der Waals surface area contributed by atoms with Crippen LogP contribution in [0.15, 0.2) is 41.4 Å². The van der Waals surface area contributed by atoms with E-state index < -0.39 is 0 Å². The van der Waals surface area contributed by atoms with Gasteiger partial charge in [0.05, 0.1) is 0 Å². The molecule has 0 aromatic heterocycles. The fourth-order valence-electron chi connectivity index (χ4n) is 2.09. The molecule has 0 aliphatic carbocycles. The highest BCUT2D eigenvalue weighted by Gasteiger charge is 2.05. The van der Waals surface area contributed by atoms with Crippen LogP contribution in [0.1, 0.15) is 23.6 Å². The Labute approximate surface area is 128 Å². The van der Waals surface area contributed by atoms with Crippen molar-refractivity contribution >= 4 is 23.4 Å². The SMILES string of the molecule is C/C(Cl)=C/c1cc(F)ccc1CNc1ccc(F)cc1C. The van der Waals surface area contributed by atoms with Crippen LogP contribution in [0.5, 0.6) is 0 Å². The molecular weight excluding hydrogens is 292 g/mol. The molecule has 0 radical (unpaired) electrons. The minimum atomic E-state index is -0.305. The third kappa shape index (κ3) is 4.30. The van der Waals surface area contributed by atoms with Crippen LogP contribution in [0.3, 0.4) is 0 Å². The molecule has 110 valence electrons. The summed E-state index contributed by atoms with van der Waals surface area (Å²) in [5.41, 5.74) is 3.32. The van der Waals surface area contributed by atoms with E-state index in [1.165, 1.54) is 24.3 Å². The van der Waals surface area contributed by atoms with E-state index >= 15 is 0 Å². The zero-order valence-corrected chi connectivity index (χ0v) is 12.6. The van der Waals surface area contributed by atoms with Gasteiger partial charge in [-0.3, -0.25) is 0 Å². The van der Waals surface area contributed by atoms with E-state index in [9.17, 15) is 8.78 Å². The van der Waals surface area contributed by atoms with Gasteiger partial charge in [0.15, 0.2) is 0 Å². The van der Waals surface area contributed by atoms with Crippen LogP contribution in [0.2, 0.25) is 0 Å². The number of anilines is 1. The Morgan fingerprint density at radius 2 is 1.81 bits per heavy atom. The molecule has 2 aromatic rings. The van der Waals surface area contributed by atoms with Crippen LogP contribution in [0.4, 0.5) is 14.5 Å². The summed E-state index contributed by atoms with van der Waals surface area (Å²) in [7, 11) is 0. The van der Waals surface area contributed by atoms with Gasteiger partial charge in [0.1, 0.15) is 11.6 Å². The van der Waals surface area contributed by atoms with Gasteiger partial charge < -0.3 is 5.32 Å². The molecule has 0 heterocycles. The van der Waals surface area contributed by atoms with Crippen molar-refractivity contribution in [1.82, 2.24) is 0 Å². The van der Waals surface area contributed by atoms with Crippen LogP contribution in [-0.4, -0.2) is 0 Å². The second-order valence-corrected chi connectivity index (χ2v) is 5.48. The summed E-state index contributed by atoms with van der Waals surface area (Å²) in [4.78, 5) is 0. The van der Waals surface area contributed by atoms with Crippen molar-refractivity contribution in [2.45, 2.75) is 20.4 Å². The van der Waals surface area contributed by atoms with Gasteiger partial charge in [0.25, 0.3) is 0 Å². The molecule has 2 aromatic carbocycles. The van der Waals surface area contributed by atoms with Crippen LogP contribution in [0.25, 0.3) is 6.08 Å². The highest BCUT2D eigenvalue weighted by Crippen LogP contribution is 2.20. The van der Waals surface area contributed by atoms with E-state index in [1.807, 2.05) is 6.92 Å². The van der Waals surface area contributed by atoms with E-state index in [-0.39, 0.29) is 11.6 Å². The van der Waals surface area contributed by atoms with Crippen molar-refractivity contribution in [3.63, 3.8) is 0 Å². The Kier molecular flexibility index (Phi) is 4.97. The summed E-state index contributed by atoms with van der Waals surface area (Å²) in [6, 6.07) is 9.14. The molecule has 4 heteroatoms. The second-order valence-electron chi connectivity index (χ2n) is 4.89. The van der Waals surface area contributed by atoms with Crippen LogP contribution >= 0.6 is 11.6 Å². The average Bonchev–Trinajstić information content (AvgIpc) is 2.39. The number of benzene rings is 2. The molecule has 0 spiro atoms. The molecule has 0 saturated carbocycles. The zero-order chi connectivity index (χ0) is 15.4. The molecule has 1 nitrogen and oxygen atoms in total. The van der Waals surface area contributed by atoms with Gasteiger partial charge >= 0.3 is 0 Å². The third-order valence-electron chi connectivity index (χ3n) is 3.12. The number of halogens is 3. The van der Waals surface area contributed by atoms with Gasteiger partial charge in [-0.05, 0) is 66.9 Å². The van der Waals surface area contributed by atoms with E-state index in [4.69, 9.17) is 11.6 Å². The molecular formula is C17H16ClF2N. The molecule has 1 N–H and O–H groups in total. The maximum Gasteiger partial charge on any atom is 0.123 e. The quantitative estimate of drug-likeness (QED) is 0.788. The van der Waals surface area contributed by atoms with Crippen molar-refractivity contribution < 1.29 is 8.78 Å². The minimum Gasteiger partial charge on any atom is -0.381 e. The molecule has 0 fully saturated rings. The number of aryl methyl sites for hydroxylation is 1. The predicted octanol–water partition coefficient (Wildman–Crippen LogP) is 5.48. The Morgan fingerprint density at radius 3 is 2.48 bits per heavy atom. The van der Waals surface area contributed by atoms with Crippen molar-refractivity contribution in [2.75, 3.05) is 5.32 Å². The summed E-state index contributed by atoms with van der Waals surface area (Å²) >= 11 is 5.87. The minimum absolute atomic E-state index is 0.263. The largest absolute Gasteiger partial charge is 0.381 e. The molecule has 0 amide bonds. The normalized spacial score (nSPS) is 11.6. The first-order valence-corrected chi connectivity index (χ1v) is 6.96. The van der Waals surface area contributed by atoms with E-state index in [2.05, 4.69) is 5.32 Å². The van der Waals surface area contributed by atoms with Gasteiger partial charge in [0.2, 0.25) is 0 Å². The number of nitrogens with one attached hydrogen (secondary N) is 1. The second kappa shape index (κ2) is 6.72. The maximum atomic E-state index is 13.3. The fraction of sp³-hybridized carbons (Fsp3) is 0.176. The Hall–Kier alpha value is -1.87. The van der Waals surface area contributed by atoms with Crippen molar-refractivity contribution in [2.24, 2.45) is 0 Å². The molecule has 0 aliphatic rings. The first kappa shape index (κ1) is 15.5. The predicted molar refractivity (Wildman–Crippen MR) is 84.4 cm³/mol. The smallest absolute Gasteiger partial charge is 0.123 e. The number of hydrogen-bond acceptors (Lipinski definition) is 1. The molecule has 0 bridgehead atoms. The lowest BCUT2D eigenvalue weighted by Gasteiger charge is -2.12. The topological polar surface area (TPSA) is 12.0 Å². The van der Waals surface area contributed by atoms with Crippen molar-refractivity contribution in [1.29, 1.82) is 0 Å². The number of hydrogen-bond donors (Lipinski definition) is 1.